The summed E-state index contributed by atoms with van der Waals surface area (Å²) in [6.45, 7) is 0. The van der Waals surface area contributed by atoms with Gasteiger partial charge in [0.1, 0.15) is 11.9 Å². The fourth-order valence-corrected chi connectivity index (χ4v) is 1.59. The average molecular weight is 298 g/mol. The van der Waals surface area contributed by atoms with E-state index in [2.05, 4.69) is 10.1 Å². The van der Waals surface area contributed by atoms with Gasteiger partial charge in [-0.25, -0.2) is 9.18 Å². The number of nitrogens with two attached hydrogens (primary N) is 1. The van der Waals surface area contributed by atoms with Crippen molar-refractivity contribution in [2.45, 2.75) is 18.9 Å². The van der Waals surface area contributed by atoms with E-state index in [0.29, 0.717) is 0 Å². The van der Waals surface area contributed by atoms with Crippen LogP contribution in [0.3, 0.4) is 0 Å². The van der Waals surface area contributed by atoms with Crippen LogP contribution in [0.4, 0.5) is 10.1 Å². The van der Waals surface area contributed by atoms with Crippen LogP contribution >= 0.6 is 0 Å². The minimum Gasteiger partial charge on any atom is -0.480 e. The summed E-state index contributed by atoms with van der Waals surface area (Å²) in [4.78, 5) is 34.0. The van der Waals surface area contributed by atoms with Gasteiger partial charge in [0.25, 0.3) is 5.91 Å². The average Bonchev–Trinajstić information content (AvgIpc) is 2.45. The van der Waals surface area contributed by atoms with Gasteiger partial charge in [-0.15, -0.1) is 0 Å². The second-order valence-electron chi connectivity index (χ2n) is 4.18. The monoisotopic (exact) mass is 298 g/mol. The molecule has 1 aromatic carbocycles. The molecule has 0 aliphatic heterocycles. The van der Waals surface area contributed by atoms with Gasteiger partial charge < -0.3 is 20.9 Å². The number of aliphatic carboxylic acids is 1. The van der Waals surface area contributed by atoms with Crippen LogP contribution in [0.15, 0.2) is 18.2 Å². The van der Waals surface area contributed by atoms with Crippen molar-refractivity contribution in [3.8, 4) is 0 Å². The number of benzene rings is 1. The van der Waals surface area contributed by atoms with Crippen LogP contribution in [-0.4, -0.2) is 36.1 Å². The summed E-state index contributed by atoms with van der Waals surface area (Å²) in [6, 6.07) is 2.33. The van der Waals surface area contributed by atoms with E-state index in [1.54, 1.807) is 0 Å². The Bertz CT molecular complexity index is 561. The van der Waals surface area contributed by atoms with Crippen LogP contribution < -0.4 is 11.1 Å². The fraction of sp³-hybridized carbons (Fsp3) is 0.308. The number of carbonyl (C=O) groups excluding carboxylic acids is 2. The molecule has 1 rings (SSSR count). The third-order valence-electron chi connectivity index (χ3n) is 2.77. The predicted octanol–water partition coefficient (Wildman–Crippen LogP) is 0.544. The standard InChI is InChI=1S/C13H15FN2O5/c1-21-10(17)6-5-9(13(19)20)16-12(18)7-3-2-4-8(14)11(7)15/h2-4,9H,5-6,15H2,1H3,(H,16,18)(H,19,20). The molecule has 0 heterocycles. The second-order valence-corrected chi connectivity index (χ2v) is 4.18. The Morgan fingerprint density at radius 3 is 2.67 bits per heavy atom. The maximum absolute atomic E-state index is 13.3. The minimum absolute atomic E-state index is 0.150. The highest BCUT2D eigenvalue weighted by atomic mass is 19.1. The van der Waals surface area contributed by atoms with E-state index < -0.39 is 29.7 Å². The Balaban J connectivity index is 2.79. The molecule has 4 N–H and O–H groups in total. The van der Waals surface area contributed by atoms with Crippen molar-refractivity contribution in [1.82, 2.24) is 5.32 Å². The van der Waals surface area contributed by atoms with E-state index in [1.807, 2.05) is 0 Å². The molecule has 0 spiro atoms. The van der Waals surface area contributed by atoms with E-state index in [1.165, 1.54) is 19.2 Å². The molecule has 1 unspecified atom stereocenters. The Hall–Kier alpha value is -2.64. The summed E-state index contributed by atoms with van der Waals surface area (Å²) in [5.74, 6) is -3.52. The highest BCUT2D eigenvalue weighted by Crippen LogP contribution is 2.16. The molecule has 0 bridgehead atoms. The van der Waals surface area contributed by atoms with Gasteiger partial charge in [0.15, 0.2) is 0 Å². The van der Waals surface area contributed by atoms with Crippen LogP contribution in [-0.2, 0) is 14.3 Å². The molecule has 0 radical (unpaired) electrons. The van der Waals surface area contributed by atoms with Gasteiger partial charge >= 0.3 is 11.9 Å². The molecular weight excluding hydrogens is 283 g/mol. The zero-order valence-corrected chi connectivity index (χ0v) is 11.3. The van der Waals surface area contributed by atoms with Gasteiger partial charge in [0.05, 0.1) is 18.4 Å². The maximum atomic E-state index is 13.3. The lowest BCUT2D eigenvalue weighted by Gasteiger charge is -2.14. The molecule has 7 nitrogen and oxygen atoms in total. The van der Waals surface area contributed by atoms with Crippen molar-refractivity contribution < 1.29 is 28.6 Å². The molecule has 0 saturated carbocycles. The van der Waals surface area contributed by atoms with Gasteiger partial charge in [0, 0.05) is 6.42 Å². The van der Waals surface area contributed by atoms with Crippen LogP contribution in [0.1, 0.15) is 23.2 Å². The third kappa shape index (κ3) is 4.44. The minimum atomic E-state index is -1.32. The fourth-order valence-electron chi connectivity index (χ4n) is 1.59. The molecule has 1 aromatic rings. The molecule has 0 fully saturated rings. The predicted molar refractivity (Wildman–Crippen MR) is 71.0 cm³/mol. The first-order chi connectivity index (χ1) is 9.86. The maximum Gasteiger partial charge on any atom is 0.326 e. The van der Waals surface area contributed by atoms with Crippen LogP contribution in [0.5, 0.6) is 0 Å². The molecule has 8 heteroatoms. The molecule has 114 valence electrons. The van der Waals surface area contributed by atoms with Crippen molar-refractivity contribution >= 4 is 23.5 Å². The summed E-state index contributed by atoms with van der Waals surface area (Å²) in [7, 11) is 1.17. The number of halogens is 1. The van der Waals surface area contributed by atoms with Crippen LogP contribution in [0, 0.1) is 5.82 Å². The summed E-state index contributed by atoms with van der Waals surface area (Å²) >= 11 is 0. The van der Waals surface area contributed by atoms with Gasteiger partial charge in [0.2, 0.25) is 0 Å². The van der Waals surface area contributed by atoms with Crippen LogP contribution in [0.2, 0.25) is 0 Å². The summed E-state index contributed by atoms with van der Waals surface area (Å²) in [5, 5.41) is 11.2. The normalized spacial score (nSPS) is 11.5. The number of nitrogen functional groups attached to an aromatic ring is 1. The number of hydrogen-bond donors (Lipinski definition) is 3. The Labute approximate surface area is 119 Å². The number of para-hydroxylation sites is 1. The summed E-state index contributed by atoms with van der Waals surface area (Å²) in [5.41, 5.74) is 4.89. The number of rotatable bonds is 6. The number of methoxy groups -OCH3 is 1. The molecule has 0 aliphatic rings. The van der Waals surface area contributed by atoms with Crippen molar-refractivity contribution in [2.75, 3.05) is 12.8 Å². The molecule has 21 heavy (non-hydrogen) atoms. The van der Waals surface area contributed by atoms with E-state index in [9.17, 15) is 18.8 Å². The first kappa shape index (κ1) is 16.4. The summed E-state index contributed by atoms with van der Waals surface area (Å²) in [6.07, 6.45) is -0.324. The molecule has 0 aliphatic carbocycles. The van der Waals surface area contributed by atoms with Crippen LogP contribution in [0.25, 0.3) is 0 Å². The number of anilines is 1. The van der Waals surface area contributed by atoms with Gasteiger partial charge in [-0.05, 0) is 18.6 Å². The Kier molecular flexibility index (Phi) is 5.65. The second kappa shape index (κ2) is 7.22. The van der Waals surface area contributed by atoms with Gasteiger partial charge in [-0.2, -0.15) is 0 Å². The number of carbonyl (C=O) groups is 3. The lowest BCUT2D eigenvalue weighted by Crippen LogP contribution is -2.41. The topological polar surface area (TPSA) is 119 Å². The molecule has 1 atom stereocenters. The lowest BCUT2D eigenvalue weighted by molar-refractivity contribution is -0.142. The number of carboxylic acids is 1. The van der Waals surface area contributed by atoms with Crippen molar-refractivity contribution in [3.05, 3.63) is 29.6 Å². The quantitative estimate of drug-likeness (QED) is 0.521. The van der Waals surface area contributed by atoms with E-state index >= 15 is 0 Å². The van der Waals surface area contributed by atoms with Crippen molar-refractivity contribution in [2.24, 2.45) is 0 Å². The van der Waals surface area contributed by atoms with E-state index in [4.69, 9.17) is 10.8 Å². The molecule has 1 amide bonds. The Morgan fingerprint density at radius 1 is 1.43 bits per heavy atom. The largest absolute Gasteiger partial charge is 0.480 e. The van der Waals surface area contributed by atoms with E-state index in [0.717, 1.165) is 6.07 Å². The SMILES string of the molecule is COC(=O)CCC(NC(=O)c1cccc(F)c1N)C(=O)O. The zero-order chi connectivity index (χ0) is 16.0. The van der Waals surface area contributed by atoms with Crippen molar-refractivity contribution in [3.63, 3.8) is 0 Å². The highest BCUT2D eigenvalue weighted by Gasteiger charge is 2.23. The number of ether oxygens (including phenoxy) is 1. The summed E-state index contributed by atoms with van der Waals surface area (Å²) < 4.78 is 17.6. The Morgan fingerprint density at radius 2 is 2.10 bits per heavy atom. The third-order valence-corrected chi connectivity index (χ3v) is 2.77. The van der Waals surface area contributed by atoms with Crippen molar-refractivity contribution in [1.29, 1.82) is 0 Å². The molecular formula is C13H15FN2O5. The highest BCUT2D eigenvalue weighted by molar-refractivity contribution is 6.00. The lowest BCUT2D eigenvalue weighted by atomic mass is 10.1. The molecule has 0 aromatic heterocycles. The smallest absolute Gasteiger partial charge is 0.326 e. The number of esters is 1. The van der Waals surface area contributed by atoms with Gasteiger partial charge in [-0.1, -0.05) is 6.07 Å². The van der Waals surface area contributed by atoms with Gasteiger partial charge in [-0.3, -0.25) is 9.59 Å². The number of hydrogen-bond acceptors (Lipinski definition) is 5. The number of amides is 1. The molecule has 0 saturated heterocycles. The zero-order valence-electron chi connectivity index (χ0n) is 11.3. The first-order valence-electron chi connectivity index (χ1n) is 6.01. The number of nitrogens with one attached hydrogen (secondary N) is 1. The van der Waals surface area contributed by atoms with E-state index in [-0.39, 0.29) is 24.1 Å². The first-order valence-corrected chi connectivity index (χ1v) is 6.01. The number of carboxylic acid groups (broad SMARTS) is 1.